The van der Waals surface area contributed by atoms with Crippen LogP contribution < -0.4 is 0 Å². The third-order valence-electron chi connectivity index (χ3n) is 11.4. The van der Waals surface area contributed by atoms with Crippen molar-refractivity contribution in [1.82, 2.24) is 0 Å². The summed E-state index contributed by atoms with van der Waals surface area (Å²) in [7, 11) is 0. The van der Waals surface area contributed by atoms with Crippen molar-refractivity contribution in [1.29, 1.82) is 0 Å². The van der Waals surface area contributed by atoms with E-state index in [0.717, 1.165) is 53.4 Å². The van der Waals surface area contributed by atoms with Gasteiger partial charge < -0.3 is 0 Å². The molecule has 0 spiro atoms. The lowest BCUT2D eigenvalue weighted by molar-refractivity contribution is -0.0827. The Morgan fingerprint density at radius 3 is 2.47 bits per heavy atom. The molecule has 1 nitrogen and oxygen atoms in total. The molecular weight excluding hydrogens is 386 g/mol. The lowest BCUT2D eigenvalue weighted by Crippen LogP contribution is -2.50. The fourth-order valence-corrected chi connectivity index (χ4v) is 9.41. The van der Waals surface area contributed by atoms with E-state index in [9.17, 15) is 0 Å². The van der Waals surface area contributed by atoms with Crippen molar-refractivity contribution >= 4 is 5.71 Å². The van der Waals surface area contributed by atoms with Crippen molar-refractivity contribution in [3.63, 3.8) is 0 Å². The Balaban J connectivity index is 1.43. The minimum Gasteiger partial charge on any atom is -0.266 e. The molecule has 1 heteroatoms. The summed E-state index contributed by atoms with van der Waals surface area (Å²) in [4.78, 5) is 4.75. The van der Waals surface area contributed by atoms with E-state index in [-0.39, 0.29) is 0 Å². The summed E-state index contributed by atoms with van der Waals surface area (Å²) in [6.45, 7) is 18.4. The van der Waals surface area contributed by atoms with Crippen LogP contribution in [0.5, 0.6) is 0 Å². The van der Waals surface area contributed by atoms with E-state index < -0.39 is 0 Å². The Kier molecular flexibility index (Phi) is 7.15. The van der Waals surface area contributed by atoms with E-state index in [0.29, 0.717) is 10.8 Å². The van der Waals surface area contributed by atoms with Gasteiger partial charge in [0.2, 0.25) is 0 Å². The van der Waals surface area contributed by atoms with Crippen molar-refractivity contribution in [2.75, 3.05) is 0 Å². The minimum atomic E-state index is 0.577. The van der Waals surface area contributed by atoms with Crippen molar-refractivity contribution in [2.24, 2.45) is 57.2 Å². The second-order valence-electron chi connectivity index (χ2n) is 13.2. The molecule has 9 atom stereocenters. The number of allylic oxidation sites excluding steroid dienone is 2. The summed E-state index contributed by atoms with van der Waals surface area (Å²) in [5.41, 5.74) is 3.67. The summed E-state index contributed by atoms with van der Waals surface area (Å²) in [6.07, 6.45) is 20.0. The topological polar surface area (TPSA) is 12.4 Å². The third-order valence-corrected chi connectivity index (χ3v) is 11.4. The molecule has 0 aromatic carbocycles. The molecular formula is C31H51N. The van der Waals surface area contributed by atoms with Gasteiger partial charge in [-0.25, -0.2) is 0 Å². The van der Waals surface area contributed by atoms with Crippen molar-refractivity contribution in [2.45, 2.75) is 112 Å². The SMILES string of the molecule is C=C/C(C)=C\N=C(C)C[C@@H](C)[C@H]1CCC2C3CCC4C[C@](C)(CC)CCC4C3CCC21C. The van der Waals surface area contributed by atoms with Gasteiger partial charge in [0.05, 0.1) is 0 Å². The van der Waals surface area contributed by atoms with E-state index in [1.165, 1.54) is 63.5 Å². The fourth-order valence-electron chi connectivity index (χ4n) is 9.41. The molecule has 0 bridgehead atoms. The number of hydrogen-bond donors (Lipinski definition) is 0. The Labute approximate surface area is 199 Å². The lowest BCUT2D eigenvalue weighted by atomic mass is 9.47. The van der Waals surface area contributed by atoms with E-state index in [1.54, 1.807) is 6.42 Å². The maximum Gasteiger partial charge on any atom is 0.0296 e. The highest BCUT2D eigenvalue weighted by Crippen LogP contribution is 2.66. The summed E-state index contributed by atoms with van der Waals surface area (Å²) in [6, 6.07) is 0. The molecule has 4 aliphatic carbocycles. The van der Waals surface area contributed by atoms with Gasteiger partial charge in [0.1, 0.15) is 0 Å². The van der Waals surface area contributed by atoms with E-state index in [4.69, 9.17) is 4.99 Å². The van der Waals surface area contributed by atoms with Crippen LogP contribution in [0.2, 0.25) is 0 Å². The zero-order valence-electron chi connectivity index (χ0n) is 22.1. The predicted octanol–water partition coefficient (Wildman–Crippen LogP) is 9.25. The van der Waals surface area contributed by atoms with Gasteiger partial charge in [0.15, 0.2) is 0 Å². The molecule has 0 aliphatic heterocycles. The summed E-state index contributed by atoms with van der Waals surface area (Å²) in [5.74, 6) is 6.82. The number of rotatable bonds is 6. The number of fused-ring (bicyclic) bond motifs is 5. The first-order chi connectivity index (χ1) is 15.2. The third kappa shape index (κ3) is 4.44. The highest BCUT2D eigenvalue weighted by molar-refractivity contribution is 5.82. The average Bonchev–Trinajstić information content (AvgIpc) is 3.14. The first-order valence-electron chi connectivity index (χ1n) is 14.0. The highest BCUT2D eigenvalue weighted by atomic mass is 14.7. The van der Waals surface area contributed by atoms with Crippen LogP contribution in [0.3, 0.4) is 0 Å². The minimum absolute atomic E-state index is 0.577. The molecule has 4 saturated carbocycles. The standard InChI is InChI=1S/C31H51N/c1-8-21(3)20-32-23(5)18-22(4)28-12-13-29-27-11-10-24-19-30(6,9-2)16-14-25(24)26(27)15-17-31(28,29)7/h8,20,22,24-29H,1,9-19H2,2-7H3/b21-20-,32-23?/t22-,24?,25?,26?,27?,28-,29?,30-,31?/m1/s1. The zero-order valence-corrected chi connectivity index (χ0v) is 22.1. The smallest absolute Gasteiger partial charge is 0.0296 e. The second kappa shape index (κ2) is 9.42. The van der Waals surface area contributed by atoms with Gasteiger partial charge in [0, 0.05) is 11.9 Å². The predicted molar refractivity (Wildman–Crippen MR) is 140 cm³/mol. The Hall–Kier alpha value is -0.850. The number of nitrogens with zero attached hydrogens (tertiary/aromatic N) is 1. The molecule has 4 fully saturated rings. The fraction of sp³-hybridized carbons (Fsp3) is 0.839. The summed E-state index contributed by atoms with van der Waals surface area (Å²) < 4.78 is 0. The number of hydrogen-bond acceptors (Lipinski definition) is 1. The van der Waals surface area contributed by atoms with Crippen LogP contribution >= 0.6 is 0 Å². The first kappa shape index (κ1) is 24.3. The van der Waals surface area contributed by atoms with Gasteiger partial charge in [0.25, 0.3) is 0 Å². The van der Waals surface area contributed by atoms with Crippen LogP contribution in [-0.4, -0.2) is 5.71 Å². The van der Waals surface area contributed by atoms with Crippen LogP contribution in [0.4, 0.5) is 0 Å². The van der Waals surface area contributed by atoms with Gasteiger partial charge in [-0.2, -0.15) is 0 Å². The molecule has 0 aromatic heterocycles. The van der Waals surface area contributed by atoms with E-state index in [1.807, 2.05) is 12.3 Å². The van der Waals surface area contributed by atoms with E-state index >= 15 is 0 Å². The van der Waals surface area contributed by atoms with Gasteiger partial charge in [-0.1, -0.05) is 46.8 Å². The van der Waals surface area contributed by atoms with Crippen LogP contribution in [0.25, 0.3) is 0 Å². The Bertz CT molecular complexity index is 746. The maximum atomic E-state index is 4.75. The van der Waals surface area contributed by atoms with Crippen molar-refractivity contribution in [3.8, 4) is 0 Å². The summed E-state index contributed by atoms with van der Waals surface area (Å²) >= 11 is 0. The molecule has 0 aromatic rings. The van der Waals surface area contributed by atoms with Gasteiger partial charge in [-0.05, 0) is 136 Å². The Morgan fingerprint density at radius 1 is 1.00 bits per heavy atom. The van der Waals surface area contributed by atoms with Crippen LogP contribution in [0, 0.1) is 52.3 Å². The molecule has 0 amide bonds. The normalized spacial score (nSPS) is 45.6. The van der Waals surface area contributed by atoms with E-state index in [2.05, 4.69) is 48.1 Å². The first-order valence-corrected chi connectivity index (χ1v) is 14.0. The maximum absolute atomic E-state index is 4.75. The van der Waals surface area contributed by atoms with Crippen LogP contribution in [0.15, 0.2) is 29.4 Å². The molecule has 6 unspecified atom stereocenters. The largest absolute Gasteiger partial charge is 0.266 e. The monoisotopic (exact) mass is 437 g/mol. The molecule has 0 saturated heterocycles. The second-order valence-corrected chi connectivity index (χ2v) is 13.2. The zero-order chi connectivity index (χ0) is 23.1. The number of aliphatic imine (C=N–C) groups is 1. The highest BCUT2D eigenvalue weighted by Gasteiger charge is 2.58. The molecule has 0 heterocycles. The van der Waals surface area contributed by atoms with Crippen molar-refractivity contribution in [3.05, 3.63) is 24.4 Å². The van der Waals surface area contributed by atoms with Gasteiger partial charge in [-0.15, -0.1) is 0 Å². The van der Waals surface area contributed by atoms with Crippen molar-refractivity contribution < 1.29 is 0 Å². The quantitative estimate of drug-likeness (QED) is 0.290. The van der Waals surface area contributed by atoms with Crippen LogP contribution in [-0.2, 0) is 0 Å². The van der Waals surface area contributed by atoms with Gasteiger partial charge >= 0.3 is 0 Å². The van der Waals surface area contributed by atoms with Gasteiger partial charge in [-0.3, -0.25) is 4.99 Å². The molecule has 0 radical (unpaired) electrons. The molecule has 180 valence electrons. The molecule has 4 aliphatic rings. The van der Waals surface area contributed by atoms with Crippen LogP contribution in [0.1, 0.15) is 112 Å². The molecule has 4 rings (SSSR count). The summed E-state index contributed by atoms with van der Waals surface area (Å²) in [5, 5.41) is 0. The average molecular weight is 438 g/mol. The molecule has 0 N–H and O–H groups in total. The molecule has 32 heavy (non-hydrogen) atoms. The Morgan fingerprint density at radius 2 is 1.75 bits per heavy atom. The lowest BCUT2D eigenvalue weighted by Gasteiger charge is -2.58.